The molecular weight excluding hydrogens is 244 g/mol. The van der Waals surface area contributed by atoms with Crippen molar-refractivity contribution in [1.29, 1.82) is 0 Å². The molecule has 1 heterocycles. The monoisotopic (exact) mass is 266 g/mol. The Hall–Kier alpha value is -1.96. The molecule has 0 fully saturated rings. The highest BCUT2D eigenvalue weighted by atomic mass is 15.2. The first-order valence-corrected chi connectivity index (χ1v) is 7.40. The predicted octanol–water partition coefficient (Wildman–Crippen LogP) is 4.32. The summed E-state index contributed by atoms with van der Waals surface area (Å²) in [5.41, 5.74) is 3.96. The van der Waals surface area contributed by atoms with Crippen molar-refractivity contribution < 1.29 is 0 Å². The average molecular weight is 266 g/mol. The van der Waals surface area contributed by atoms with E-state index < -0.39 is 0 Å². The van der Waals surface area contributed by atoms with E-state index in [0.717, 1.165) is 13.1 Å². The minimum Gasteiger partial charge on any atom is -0.381 e. The summed E-state index contributed by atoms with van der Waals surface area (Å²) in [7, 11) is 0. The summed E-state index contributed by atoms with van der Waals surface area (Å²) in [6.45, 7) is 6.62. The Morgan fingerprint density at radius 3 is 2.50 bits per heavy atom. The molecule has 1 unspecified atom stereocenters. The van der Waals surface area contributed by atoms with Crippen LogP contribution in [0.25, 0.3) is 0 Å². The molecule has 0 aromatic heterocycles. The van der Waals surface area contributed by atoms with Crippen molar-refractivity contribution in [3.05, 3.63) is 60.2 Å². The summed E-state index contributed by atoms with van der Waals surface area (Å²) >= 11 is 0. The Morgan fingerprint density at radius 2 is 1.75 bits per heavy atom. The van der Waals surface area contributed by atoms with Gasteiger partial charge in [-0.15, -0.1) is 0 Å². The van der Waals surface area contributed by atoms with E-state index in [-0.39, 0.29) is 0 Å². The topological polar surface area (TPSA) is 15.3 Å². The van der Waals surface area contributed by atoms with Crippen molar-refractivity contribution in [3.63, 3.8) is 0 Å². The van der Waals surface area contributed by atoms with Crippen LogP contribution >= 0.6 is 0 Å². The van der Waals surface area contributed by atoms with E-state index in [1.807, 2.05) is 0 Å². The largest absolute Gasteiger partial charge is 0.381 e. The highest BCUT2D eigenvalue weighted by Crippen LogP contribution is 2.37. The molecule has 3 rings (SSSR count). The van der Waals surface area contributed by atoms with Gasteiger partial charge in [0.05, 0.1) is 17.4 Å². The van der Waals surface area contributed by atoms with Crippen LogP contribution in [0.4, 0.5) is 11.4 Å². The van der Waals surface area contributed by atoms with Crippen molar-refractivity contribution in [3.8, 4) is 0 Å². The van der Waals surface area contributed by atoms with Crippen LogP contribution in [0.1, 0.15) is 25.5 Å². The van der Waals surface area contributed by atoms with Gasteiger partial charge in [0.25, 0.3) is 0 Å². The van der Waals surface area contributed by atoms with Crippen LogP contribution in [0.2, 0.25) is 0 Å². The van der Waals surface area contributed by atoms with Crippen LogP contribution in [0.3, 0.4) is 0 Å². The first kappa shape index (κ1) is 13.0. The lowest BCUT2D eigenvalue weighted by Crippen LogP contribution is -2.39. The average Bonchev–Trinajstić information content (AvgIpc) is 2.48. The molecule has 20 heavy (non-hydrogen) atoms. The Kier molecular flexibility index (Phi) is 3.64. The van der Waals surface area contributed by atoms with Gasteiger partial charge < -0.3 is 10.2 Å². The van der Waals surface area contributed by atoms with Gasteiger partial charge in [-0.05, 0) is 23.6 Å². The maximum atomic E-state index is 3.57. The van der Waals surface area contributed by atoms with Crippen molar-refractivity contribution in [1.82, 2.24) is 0 Å². The number of nitrogens with zero attached hydrogens (tertiary/aromatic N) is 1. The number of fused-ring (bicyclic) bond motifs is 1. The molecule has 0 saturated carbocycles. The van der Waals surface area contributed by atoms with Crippen molar-refractivity contribution in [2.45, 2.75) is 19.9 Å². The minimum atomic E-state index is 0.411. The fraction of sp³-hybridized carbons (Fsp3) is 0.333. The number of hydrogen-bond donors (Lipinski definition) is 1. The van der Waals surface area contributed by atoms with Crippen LogP contribution in [0.15, 0.2) is 54.6 Å². The minimum absolute atomic E-state index is 0.411. The summed E-state index contributed by atoms with van der Waals surface area (Å²) in [5.74, 6) is 0.646. The fourth-order valence-corrected chi connectivity index (χ4v) is 2.95. The molecule has 2 aromatic rings. The van der Waals surface area contributed by atoms with Crippen molar-refractivity contribution in [2.24, 2.45) is 5.92 Å². The van der Waals surface area contributed by atoms with Crippen molar-refractivity contribution >= 4 is 11.4 Å². The van der Waals surface area contributed by atoms with E-state index in [9.17, 15) is 0 Å². The van der Waals surface area contributed by atoms with Crippen LogP contribution < -0.4 is 10.2 Å². The normalized spacial score (nSPS) is 17.8. The summed E-state index contributed by atoms with van der Waals surface area (Å²) in [6, 6.07) is 19.8. The molecule has 2 nitrogen and oxygen atoms in total. The number of nitrogens with one attached hydrogen (secondary N) is 1. The molecule has 1 aliphatic rings. The van der Waals surface area contributed by atoms with E-state index in [2.05, 4.69) is 78.7 Å². The molecule has 104 valence electrons. The quantitative estimate of drug-likeness (QED) is 0.890. The van der Waals surface area contributed by atoms with Crippen LogP contribution in [-0.2, 0) is 0 Å². The number of anilines is 2. The zero-order valence-corrected chi connectivity index (χ0v) is 12.2. The first-order chi connectivity index (χ1) is 9.75. The Morgan fingerprint density at radius 1 is 1.05 bits per heavy atom. The smallest absolute Gasteiger partial charge is 0.0715 e. The summed E-state index contributed by atoms with van der Waals surface area (Å²) < 4.78 is 0. The lowest BCUT2D eigenvalue weighted by Gasteiger charge is -2.40. The number of para-hydroxylation sites is 2. The van der Waals surface area contributed by atoms with E-state index in [0.29, 0.717) is 12.0 Å². The maximum Gasteiger partial charge on any atom is 0.0715 e. The van der Waals surface area contributed by atoms with Gasteiger partial charge >= 0.3 is 0 Å². The lowest BCUT2D eigenvalue weighted by molar-refractivity contribution is 0.546. The fourth-order valence-electron chi connectivity index (χ4n) is 2.95. The van der Waals surface area contributed by atoms with Gasteiger partial charge in [-0.25, -0.2) is 0 Å². The van der Waals surface area contributed by atoms with E-state index in [1.54, 1.807) is 0 Å². The second-order valence-corrected chi connectivity index (χ2v) is 5.87. The molecule has 2 heteroatoms. The Balaban J connectivity index is 1.99. The van der Waals surface area contributed by atoms with Gasteiger partial charge in [-0.1, -0.05) is 56.3 Å². The third kappa shape index (κ3) is 2.51. The summed E-state index contributed by atoms with van der Waals surface area (Å²) in [6.07, 6.45) is 0. The van der Waals surface area contributed by atoms with Gasteiger partial charge in [0.1, 0.15) is 0 Å². The van der Waals surface area contributed by atoms with Gasteiger partial charge in [0.15, 0.2) is 0 Å². The van der Waals surface area contributed by atoms with Gasteiger partial charge in [0, 0.05) is 13.1 Å². The molecule has 0 aliphatic carbocycles. The number of hydrogen-bond acceptors (Lipinski definition) is 2. The SMILES string of the molecule is CC(C)CN1c2ccccc2NCC1c1ccccc1. The zero-order chi connectivity index (χ0) is 13.9. The van der Waals surface area contributed by atoms with Crippen LogP contribution in [0, 0.1) is 5.92 Å². The Labute approximate surface area is 121 Å². The molecule has 0 amide bonds. The van der Waals surface area contributed by atoms with E-state index in [1.165, 1.54) is 16.9 Å². The molecule has 1 atom stereocenters. The van der Waals surface area contributed by atoms with Gasteiger partial charge in [-0.3, -0.25) is 0 Å². The second-order valence-electron chi connectivity index (χ2n) is 5.87. The van der Waals surface area contributed by atoms with Crippen LogP contribution in [-0.4, -0.2) is 13.1 Å². The standard InChI is InChI=1S/C18H22N2/c1-14(2)13-20-17-11-7-6-10-16(17)19-12-18(20)15-8-4-3-5-9-15/h3-11,14,18-19H,12-13H2,1-2H3. The van der Waals surface area contributed by atoms with Gasteiger partial charge in [0.2, 0.25) is 0 Å². The predicted molar refractivity (Wildman–Crippen MR) is 86.3 cm³/mol. The first-order valence-electron chi connectivity index (χ1n) is 7.40. The molecular formula is C18H22N2. The highest BCUT2D eigenvalue weighted by molar-refractivity contribution is 5.73. The van der Waals surface area contributed by atoms with Crippen molar-refractivity contribution in [2.75, 3.05) is 23.3 Å². The maximum absolute atomic E-state index is 3.57. The third-order valence-corrected chi connectivity index (χ3v) is 3.82. The van der Waals surface area contributed by atoms with E-state index in [4.69, 9.17) is 0 Å². The third-order valence-electron chi connectivity index (χ3n) is 3.82. The van der Waals surface area contributed by atoms with Crippen LogP contribution in [0.5, 0.6) is 0 Å². The number of benzene rings is 2. The molecule has 0 spiro atoms. The molecule has 0 radical (unpaired) electrons. The molecule has 0 bridgehead atoms. The van der Waals surface area contributed by atoms with E-state index >= 15 is 0 Å². The van der Waals surface area contributed by atoms with Gasteiger partial charge in [-0.2, -0.15) is 0 Å². The number of rotatable bonds is 3. The zero-order valence-electron chi connectivity index (χ0n) is 12.2. The lowest BCUT2D eigenvalue weighted by atomic mass is 9.99. The molecule has 1 aliphatic heterocycles. The summed E-state index contributed by atoms with van der Waals surface area (Å²) in [4.78, 5) is 2.55. The molecule has 1 N–H and O–H groups in total. The Bertz CT molecular complexity index is 563. The highest BCUT2D eigenvalue weighted by Gasteiger charge is 2.27. The molecule has 2 aromatic carbocycles. The second kappa shape index (κ2) is 5.58. The molecule has 0 saturated heterocycles. The summed E-state index contributed by atoms with van der Waals surface area (Å²) in [5, 5.41) is 3.57.